The van der Waals surface area contributed by atoms with Gasteiger partial charge in [0.2, 0.25) is 0 Å². The molecule has 4 heteroatoms. The van der Waals surface area contributed by atoms with Crippen molar-refractivity contribution in [2.45, 2.75) is 72.2 Å². The fraction of sp³-hybridized carbons (Fsp3) is 0.786. The molecule has 3 unspecified atom stereocenters. The number of aliphatic hydroxyl groups is 2. The summed E-state index contributed by atoms with van der Waals surface area (Å²) in [6, 6.07) is 0. The van der Waals surface area contributed by atoms with Crippen LogP contribution in [0.15, 0.2) is 12.2 Å². The topological polar surface area (TPSA) is 66.8 Å². The van der Waals surface area contributed by atoms with E-state index in [2.05, 4.69) is 6.58 Å². The molecule has 108 valence electrons. The van der Waals surface area contributed by atoms with Gasteiger partial charge in [-0.05, 0) is 32.6 Å². The second-order valence-electron chi connectivity index (χ2n) is 4.52. The van der Waals surface area contributed by atoms with Crippen molar-refractivity contribution in [1.82, 2.24) is 0 Å². The van der Waals surface area contributed by atoms with E-state index in [0.717, 1.165) is 6.42 Å². The Morgan fingerprint density at radius 1 is 1.17 bits per heavy atom. The maximum atomic E-state index is 11.3. The van der Waals surface area contributed by atoms with Crippen LogP contribution < -0.4 is 0 Å². The Morgan fingerprint density at radius 3 is 2.33 bits per heavy atom. The van der Waals surface area contributed by atoms with Crippen LogP contribution in [-0.2, 0) is 9.53 Å². The molecule has 0 aromatic rings. The molecule has 1 saturated carbocycles. The summed E-state index contributed by atoms with van der Waals surface area (Å²) in [6.45, 7) is 5.12. The largest absolute Gasteiger partial charge is 0.459 e. The molecule has 0 aliphatic heterocycles. The highest BCUT2D eigenvalue weighted by Gasteiger charge is 2.23. The Balaban J connectivity index is 0. The first-order valence-electron chi connectivity index (χ1n) is 5.71. The van der Waals surface area contributed by atoms with Gasteiger partial charge in [-0.15, -0.1) is 0 Å². The first-order valence-corrected chi connectivity index (χ1v) is 5.71. The van der Waals surface area contributed by atoms with Gasteiger partial charge in [0.1, 0.15) is 6.10 Å². The molecule has 0 aromatic heterocycles. The zero-order chi connectivity index (χ0) is 12.1. The van der Waals surface area contributed by atoms with Gasteiger partial charge in [0.15, 0.2) is 0 Å². The van der Waals surface area contributed by atoms with Crippen LogP contribution >= 0.6 is 0 Å². The van der Waals surface area contributed by atoms with E-state index in [4.69, 9.17) is 4.74 Å². The molecule has 0 aromatic carbocycles. The van der Waals surface area contributed by atoms with Crippen molar-refractivity contribution in [3.8, 4) is 0 Å². The lowest BCUT2D eigenvalue weighted by atomic mass is 9.94. The van der Waals surface area contributed by atoms with Crippen molar-refractivity contribution in [1.29, 1.82) is 0 Å². The predicted molar refractivity (Wildman–Crippen MR) is 73.3 cm³/mol. The zero-order valence-electron chi connectivity index (χ0n) is 9.69. The summed E-state index contributed by atoms with van der Waals surface area (Å²) in [4.78, 5) is 11.3. The summed E-state index contributed by atoms with van der Waals surface area (Å²) >= 11 is 0. The Kier molecular flexibility index (Phi) is 9.86. The van der Waals surface area contributed by atoms with Gasteiger partial charge in [0.25, 0.3) is 0 Å². The van der Waals surface area contributed by atoms with E-state index in [1.807, 2.05) is 0 Å². The van der Waals surface area contributed by atoms with Gasteiger partial charge in [-0.2, -0.15) is 0 Å². The fourth-order valence-corrected chi connectivity index (χ4v) is 1.89. The molecule has 1 aliphatic rings. The summed E-state index contributed by atoms with van der Waals surface area (Å²) in [7, 11) is 0. The number of hydrogen-bond donors (Lipinski definition) is 2. The molecule has 0 heterocycles. The molecule has 0 bridgehead atoms. The molecular weight excluding hydrogens is 232 g/mol. The number of esters is 1. The lowest BCUT2D eigenvalue weighted by Gasteiger charge is -2.25. The maximum absolute atomic E-state index is 11.3. The number of aliphatic hydroxyl groups excluding tert-OH is 2. The van der Waals surface area contributed by atoms with Gasteiger partial charge in [0.05, 0.1) is 12.2 Å². The highest BCUT2D eigenvalue weighted by molar-refractivity contribution is 5.87. The van der Waals surface area contributed by atoms with E-state index in [9.17, 15) is 15.0 Å². The standard InChI is InChI=1S/C12H20O4.2CH4/c1-8(2)12(15)16-11-5-3-4-9(13)6-10(14)7-11;;/h9-11,13-14H,1,3-7H2,2H3;2*1H4. The second-order valence-corrected chi connectivity index (χ2v) is 4.52. The average Bonchev–Trinajstić information content (AvgIpc) is 2.14. The van der Waals surface area contributed by atoms with Crippen LogP contribution in [0, 0.1) is 0 Å². The zero-order valence-corrected chi connectivity index (χ0v) is 9.69. The quantitative estimate of drug-likeness (QED) is 0.591. The minimum Gasteiger partial charge on any atom is -0.459 e. The lowest BCUT2D eigenvalue weighted by Crippen LogP contribution is -2.29. The third-order valence-corrected chi connectivity index (χ3v) is 2.76. The molecule has 1 aliphatic carbocycles. The second kappa shape index (κ2) is 9.11. The molecular formula is C14H28O4. The molecule has 1 rings (SSSR count). The molecule has 0 saturated heterocycles. The van der Waals surface area contributed by atoms with Crippen molar-refractivity contribution in [2.24, 2.45) is 0 Å². The monoisotopic (exact) mass is 260 g/mol. The Hall–Kier alpha value is -0.870. The summed E-state index contributed by atoms with van der Waals surface area (Å²) in [5, 5.41) is 19.1. The highest BCUT2D eigenvalue weighted by Crippen LogP contribution is 2.21. The number of ether oxygens (including phenoxy) is 1. The van der Waals surface area contributed by atoms with E-state index in [0.29, 0.717) is 31.3 Å². The SMILES string of the molecule is C.C.C=C(C)C(=O)OC1CCCC(O)CC(O)C1. The Bertz CT molecular complexity index is 263. The summed E-state index contributed by atoms with van der Waals surface area (Å²) in [5.74, 6) is -0.404. The van der Waals surface area contributed by atoms with Crippen molar-refractivity contribution in [3.63, 3.8) is 0 Å². The third-order valence-electron chi connectivity index (χ3n) is 2.76. The van der Waals surface area contributed by atoms with Crippen LogP contribution in [0.5, 0.6) is 0 Å². The maximum Gasteiger partial charge on any atom is 0.333 e. The number of hydrogen-bond acceptors (Lipinski definition) is 4. The van der Waals surface area contributed by atoms with Crippen molar-refractivity contribution < 1.29 is 19.7 Å². The number of carbonyl (C=O) groups excluding carboxylic acids is 1. The number of carbonyl (C=O) groups is 1. The van der Waals surface area contributed by atoms with E-state index < -0.39 is 18.2 Å². The van der Waals surface area contributed by atoms with Gasteiger partial charge in [0, 0.05) is 12.0 Å². The van der Waals surface area contributed by atoms with Crippen LogP contribution in [0.2, 0.25) is 0 Å². The summed E-state index contributed by atoms with van der Waals surface area (Å²) in [6.07, 6.45) is 1.61. The predicted octanol–water partition coefficient (Wildman–Crippen LogP) is 2.43. The van der Waals surface area contributed by atoms with Crippen LogP contribution in [0.3, 0.4) is 0 Å². The van der Waals surface area contributed by atoms with Gasteiger partial charge in [-0.25, -0.2) is 4.79 Å². The molecule has 3 atom stereocenters. The molecule has 0 radical (unpaired) electrons. The Morgan fingerprint density at radius 2 is 1.78 bits per heavy atom. The van der Waals surface area contributed by atoms with Crippen molar-refractivity contribution in [2.75, 3.05) is 0 Å². The normalized spacial score (nSPS) is 27.8. The third kappa shape index (κ3) is 6.77. The molecule has 0 amide bonds. The summed E-state index contributed by atoms with van der Waals surface area (Å²) in [5.41, 5.74) is 0.372. The van der Waals surface area contributed by atoms with Crippen LogP contribution in [0.25, 0.3) is 0 Å². The van der Waals surface area contributed by atoms with Crippen LogP contribution in [0.4, 0.5) is 0 Å². The van der Waals surface area contributed by atoms with Crippen LogP contribution in [-0.4, -0.2) is 34.5 Å². The highest BCUT2D eigenvalue weighted by atomic mass is 16.5. The summed E-state index contributed by atoms with van der Waals surface area (Å²) < 4.78 is 5.21. The Labute approximate surface area is 111 Å². The average molecular weight is 260 g/mol. The number of rotatable bonds is 2. The molecule has 1 fully saturated rings. The molecule has 0 spiro atoms. The van der Waals surface area contributed by atoms with Gasteiger partial charge in [-0.3, -0.25) is 0 Å². The minimum absolute atomic E-state index is 0. The minimum atomic E-state index is -0.599. The fourth-order valence-electron chi connectivity index (χ4n) is 1.89. The molecule has 4 nitrogen and oxygen atoms in total. The van der Waals surface area contributed by atoms with E-state index in [-0.39, 0.29) is 21.0 Å². The molecule has 2 N–H and O–H groups in total. The van der Waals surface area contributed by atoms with Crippen molar-refractivity contribution >= 4 is 5.97 Å². The lowest BCUT2D eigenvalue weighted by molar-refractivity contribution is -0.146. The van der Waals surface area contributed by atoms with Crippen LogP contribution in [0.1, 0.15) is 53.9 Å². The van der Waals surface area contributed by atoms with E-state index in [1.54, 1.807) is 6.92 Å². The van der Waals surface area contributed by atoms with Gasteiger partial charge >= 0.3 is 5.97 Å². The molecule has 18 heavy (non-hydrogen) atoms. The van der Waals surface area contributed by atoms with Gasteiger partial charge < -0.3 is 14.9 Å². The first kappa shape index (κ1) is 19.5. The van der Waals surface area contributed by atoms with E-state index >= 15 is 0 Å². The smallest absolute Gasteiger partial charge is 0.333 e. The van der Waals surface area contributed by atoms with Crippen molar-refractivity contribution in [3.05, 3.63) is 12.2 Å². The first-order chi connectivity index (χ1) is 7.49. The van der Waals surface area contributed by atoms with E-state index in [1.165, 1.54) is 0 Å². The van der Waals surface area contributed by atoms with Gasteiger partial charge in [-0.1, -0.05) is 21.4 Å².